The van der Waals surface area contributed by atoms with E-state index in [2.05, 4.69) is 4.98 Å². The first-order valence-corrected chi connectivity index (χ1v) is 6.03. The van der Waals surface area contributed by atoms with Crippen LogP contribution in [0.3, 0.4) is 0 Å². The van der Waals surface area contributed by atoms with Gasteiger partial charge in [-0.05, 0) is 18.6 Å². The molecule has 1 aromatic heterocycles. The van der Waals surface area contributed by atoms with Crippen molar-refractivity contribution in [3.63, 3.8) is 0 Å². The van der Waals surface area contributed by atoms with Gasteiger partial charge in [0.1, 0.15) is 5.52 Å². The van der Waals surface area contributed by atoms with E-state index in [-0.39, 0.29) is 18.1 Å². The van der Waals surface area contributed by atoms with Crippen molar-refractivity contribution in [2.24, 2.45) is 0 Å². The normalized spacial score (nSPS) is 12.2. The third kappa shape index (κ3) is 2.98. The summed E-state index contributed by atoms with van der Waals surface area (Å²) < 4.78 is 10.3. The number of ketones is 1. The van der Waals surface area contributed by atoms with Gasteiger partial charge in [-0.3, -0.25) is 4.79 Å². The van der Waals surface area contributed by atoms with Gasteiger partial charge in [0.25, 0.3) is 0 Å². The second kappa shape index (κ2) is 6.12. The van der Waals surface area contributed by atoms with Crippen LogP contribution in [0.1, 0.15) is 24.7 Å². The molecule has 1 heterocycles. The standard InChI is InChI=1S/C14H14N2O3/c1-18-8-4-6-12(17)10(9-15)14-16-11-5-2-3-7-13(11)19-14/h2-3,5,7,10H,4,6,8H2,1H3/t10-/m0/s1. The van der Waals surface area contributed by atoms with Crippen LogP contribution in [0.25, 0.3) is 11.1 Å². The quantitative estimate of drug-likeness (QED) is 0.744. The lowest BCUT2D eigenvalue weighted by atomic mass is 10.0. The number of methoxy groups -OCH3 is 1. The van der Waals surface area contributed by atoms with Crippen molar-refractivity contribution in [2.45, 2.75) is 18.8 Å². The summed E-state index contributed by atoms with van der Waals surface area (Å²) in [5, 5.41) is 9.13. The monoisotopic (exact) mass is 258 g/mol. The number of oxazole rings is 1. The molecule has 0 unspecified atom stereocenters. The van der Waals surface area contributed by atoms with Crippen molar-refractivity contribution in [3.05, 3.63) is 30.2 Å². The fraction of sp³-hybridized carbons (Fsp3) is 0.357. The van der Waals surface area contributed by atoms with Crippen molar-refractivity contribution >= 4 is 16.9 Å². The number of carbonyl (C=O) groups is 1. The molecule has 2 aromatic rings. The average Bonchev–Trinajstić information content (AvgIpc) is 2.83. The molecule has 0 saturated heterocycles. The van der Waals surface area contributed by atoms with Crippen molar-refractivity contribution in [1.29, 1.82) is 5.26 Å². The summed E-state index contributed by atoms with van der Waals surface area (Å²) in [5.74, 6) is -0.957. The van der Waals surface area contributed by atoms with Crippen LogP contribution in [0.5, 0.6) is 0 Å². The van der Waals surface area contributed by atoms with E-state index in [4.69, 9.17) is 14.4 Å². The molecule has 98 valence electrons. The average molecular weight is 258 g/mol. The number of carbonyl (C=O) groups excluding carboxylic acids is 1. The maximum atomic E-state index is 11.9. The number of para-hydroxylation sites is 2. The Kier molecular flexibility index (Phi) is 4.26. The molecule has 5 nitrogen and oxygen atoms in total. The largest absolute Gasteiger partial charge is 0.439 e. The number of Topliss-reactive ketones (excluding diaryl/α,β-unsaturated/α-hetero) is 1. The highest BCUT2D eigenvalue weighted by atomic mass is 16.5. The van der Waals surface area contributed by atoms with Crippen LogP contribution >= 0.6 is 0 Å². The Morgan fingerprint density at radius 1 is 1.53 bits per heavy atom. The van der Waals surface area contributed by atoms with E-state index in [1.807, 2.05) is 18.2 Å². The van der Waals surface area contributed by atoms with Crippen LogP contribution in [0.15, 0.2) is 28.7 Å². The molecule has 2 rings (SSSR count). The van der Waals surface area contributed by atoms with Gasteiger partial charge in [-0.25, -0.2) is 4.98 Å². The number of nitrogens with zero attached hydrogens (tertiary/aromatic N) is 2. The summed E-state index contributed by atoms with van der Waals surface area (Å²) >= 11 is 0. The third-order valence-electron chi connectivity index (χ3n) is 2.78. The molecule has 0 aliphatic carbocycles. The number of benzene rings is 1. The topological polar surface area (TPSA) is 76.1 Å². The third-order valence-corrected chi connectivity index (χ3v) is 2.78. The first-order chi connectivity index (χ1) is 9.26. The summed E-state index contributed by atoms with van der Waals surface area (Å²) in [6.45, 7) is 0.497. The fourth-order valence-electron chi connectivity index (χ4n) is 1.81. The molecular formula is C14H14N2O3. The minimum absolute atomic E-state index is 0.172. The molecule has 0 N–H and O–H groups in total. The molecule has 5 heteroatoms. The van der Waals surface area contributed by atoms with Gasteiger partial charge in [0, 0.05) is 20.1 Å². The number of fused-ring (bicyclic) bond motifs is 1. The Bertz CT molecular complexity index is 579. The van der Waals surface area contributed by atoms with Crippen molar-refractivity contribution in [2.75, 3.05) is 13.7 Å². The summed E-state index contributed by atoms with van der Waals surface area (Å²) in [7, 11) is 1.58. The van der Waals surface area contributed by atoms with E-state index in [0.29, 0.717) is 24.1 Å². The van der Waals surface area contributed by atoms with E-state index in [0.717, 1.165) is 0 Å². The minimum atomic E-state index is -0.941. The van der Waals surface area contributed by atoms with Gasteiger partial charge < -0.3 is 9.15 Å². The SMILES string of the molecule is COCCCC(=O)[C@H](C#N)c1nc2ccccc2o1. The van der Waals surface area contributed by atoms with E-state index in [1.54, 1.807) is 19.2 Å². The molecule has 0 bridgehead atoms. The zero-order valence-corrected chi connectivity index (χ0v) is 10.6. The second-order valence-electron chi connectivity index (χ2n) is 4.14. The van der Waals surface area contributed by atoms with Gasteiger partial charge in [-0.1, -0.05) is 12.1 Å². The van der Waals surface area contributed by atoms with Crippen LogP contribution in [0.4, 0.5) is 0 Å². The Balaban J connectivity index is 2.17. The van der Waals surface area contributed by atoms with Crippen LogP contribution in [-0.4, -0.2) is 24.5 Å². The summed E-state index contributed by atoms with van der Waals surface area (Å²) in [5.41, 5.74) is 1.24. The smallest absolute Gasteiger partial charge is 0.220 e. The van der Waals surface area contributed by atoms with Gasteiger partial charge in [0.2, 0.25) is 5.89 Å². The van der Waals surface area contributed by atoms with Gasteiger partial charge in [0.15, 0.2) is 17.3 Å². The second-order valence-corrected chi connectivity index (χ2v) is 4.14. The number of hydrogen-bond acceptors (Lipinski definition) is 5. The predicted octanol–water partition coefficient (Wildman–Crippen LogP) is 2.43. The number of nitriles is 1. The highest BCUT2D eigenvalue weighted by Gasteiger charge is 2.25. The van der Waals surface area contributed by atoms with Gasteiger partial charge in [0.05, 0.1) is 6.07 Å². The minimum Gasteiger partial charge on any atom is -0.439 e. The summed E-state index contributed by atoms with van der Waals surface area (Å²) in [4.78, 5) is 16.1. The molecule has 0 saturated carbocycles. The molecular weight excluding hydrogens is 244 g/mol. The summed E-state index contributed by atoms with van der Waals surface area (Å²) in [6.07, 6.45) is 0.874. The first-order valence-electron chi connectivity index (χ1n) is 6.03. The number of hydrogen-bond donors (Lipinski definition) is 0. The lowest BCUT2D eigenvalue weighted by molar-refractivity contribution is -0.120. The first kappa shape index (κ1) is 13.2. The summed E-state index contributed by atoms with van der Waals surface area (Å²) in [6, 6.07) is 9.15. The Morgan fingerprint density at radius 3 is 3.00 bits per heavy atom. The van der Waals surface area contributed by atoms with E-state index >= 15 is 0 Å². The molecule has 0 spiro atoms. The predicted molar refractivity (Wildman–Crippen MR) is 68.5 cm³/mol. The van der Waals surface area contributed by atoms with Crippen molar-refractivity contribution in [1.82, 2.24) is 4.98 Å². The molecule has 0 aliphatic heterocycles. The molecule has 1 atom stereocenters. The lowest BCUT2D eigenvalue weighted by Crippen LogP contribution is -2.11. The Hall–Kier alpha value is -2.19. The number of rotatable bonds is 6. The van der Waals surface area contributed by atoms with E-state index < -0.39 is 5.92 Å². The Morgan fingerprint density at radius 2 is 2.32 bits per heavy atom. The molecule has 0 fully saturated rings. The van der Waals surface area contributed by atoms with Gasteiger partial charge in [-0.15, -0.1) is 0 Å². The molecule has 0 amide bonds. The molecule has 0 aliphatic rings. The maximum Gasteiger partial charge on any atom is 0.220 e. The number of ether oxygens (including phenoxy) is 1. The van der Waals surface area contributed by atoms with Crippen molar-refractivity contribution < 1.29 is 13.9 Å². The number of aromatic nitrogens is 1. The molecule has 19 heavy (non-hydrogen) atoms. The van der Waals surface area contributed by atoms with Crippen LogP contribution in [-0.2, 0) is 9.53 Å². The van der Waals surface area contributed by atoms with Gasteiger partial charge >= 0.3 is 0 Å². The fourth-order valence-corrected chi connectivity index (χ4v) is 1.81. The molecule has 1 aromatic carbocycles. The lowest BCUT2D eigenvalue weighted by Gasteiger charge is -2.03. The van der Waals surface area contributed by atoms with Crippen LogP contribution in [0, 0.1) is 11.3 Å². The Labute approximate surface area is 110 Å². The maximum absolute atomic E-state index is 11.9. The van der Waals surface area contributed by atoms with Crippen LogP contribution in [0.2, 0.25) is 0 Å². The highest BCUT2D eigenvalue weighted by Crippen LogP contribution is 2.22. The zero-order chi connectivity index (χ0) is 13.7. The van der Waals surface area contributed by atoms with Crippen LogP contribution < -0.4 is 0 Å². The van der Waals surface area contributed by atoms with Gasteiger partial charge in [-0.2, -0.15) is 5.26 Å². The van der Waals surface area contributed by atoms with E-state index in [9.17, 15) is 4.79 Å². The zero-order valence-electron chi connectivity index (χ0n) is 10.6. The van der Waals surface area contributed by atoms with Crippen molar-refractivity contribution in [3.8, 4) is 6.07 Å². The highest BCUT2D eigenvalue weighted by molar-refractivity contribution is 5.88. The van der Waals surface area contributed by atoms with E-state index in [1.165, 1.54) is 0 Å². The molecule has 0 radical (unpaired) electrons.